The minimum absolute atomic E-state index is 0.138. The van der Waals surface area contributed by atoms with E-state index in [9.17, 15) is 14.7 Å². The van der Waals surface area contributed by atoms with Crippen LogP contribution in [0.1, 0.15) is 30.7 Å². The number of carbonyl (C=O) groups is 2. The topological polar surface area (TPSA) is 138 Å². The van der Waals surface area contributed by atoms with Crippen molar-refractivity contribution in [1.82, 2.24) is 15.8 Å². The fourth-order valence-corrected chi connectivity index (χ4v) is 3.77. The van der Waals surface area contributed by atoms with E-state index >= 15 is 0 Å². The van der Waals surface area contributed by atoms with Gasteiger partial charge < -0.3 is 35.6 Å². The molecule has 1 saturated heterocycles. The molecule has 5 N–H and O–H groups in total. The van der Waals surface area contributed by atoms with Gasteiger partial charge in [0.05, 0.1) is 18.8 Å². The van der Waals surface area contributed by atoms with Crippen LogP contribution in [0.15, 0.2) is 28.8 Å². The number of amides is 4. The Morgan fingerprint density at radius 2 is 2.03 bits per heavy atom. The number of anilines is 2. The number of benzene rings is 1. The number of hydrogen-bond donors (Lipinski definition) is 5. The number of nitrogens with zero attached hydrogens (tertiary/aromatic N) is 1. The number of halogens is 1. The summed E-state index contributed by atoms with van der Waals surface area (Å²) in [5, 5.41) is 25.1. The molecule has 10 nitrogen and oxygen atoms in total. The van der Waals surface area contributed by atoms with Crippen LogP contribution in [-0.2, 0) is 4.74 Å². The van der Waals surface area contributed by atoms with Gasteiger partial charge in [0.2, 0.25) is 0 Å². The summed E-state index contributed by atoms with van der Waals surface area (Å²) in [7, 11) is 0. The largest absolute Gasteiger partial charge is 0.394 e. The summed E-state index contributed by atoms with van der Waals surface area (Å²) in [6.07, 6.45) is 1.23. The molecular weight excluding hydrogens is 438 g/mol. The highest BCUT2D eigenvalue weighted by atomic mass is 35.5. The molecule has 0 spiro atoms. The molecule has 0 bridgehead atoms. The Morgan fingerprint density at radius 1 is 1.22 bits per heavy atom. The fraction of sp³-hybridized carbons (Fsp3) is 0.476. The van der Waals surface area contributed by atoms with Crippen molar-refractivity contribution < 1.29 is 24.0 Å². The fourth-order valence-electron chi connectivity index (χ4n) is 3.58. The Bertz CT molecular complexity index is 918. The normalized spacial score (nSPS) is 20.4. The lowest BCUT2D eigenvalue weighted by Crippen LogP contribution is -2.52. The quantitative estimate of drug-likeness (QED) is 0.425. The van der Waals surface area contributed by atoms with Crippen LogP contribution in [0.25, 0.3) is 0 Å². The molecule has 1 aliphatic heterocycles. The number of nitrogens with one attached hydrogen (secondary N) is 4. The second-order valence-electron chi connectivity index (χ2n) is 7.64. The van der Waals surface area contributed by atoms with Gasteiger partial charge in [-0.25, -0.2) is 9.59 Å². The van der Waals surface area contributed by atoms with E-state index in [-0.39, 0.29) is 24.8 Å². The van der Waals surface area contributed by atoms with Crippen molar-refractivity contribution in [3.8, 4) is 0 Å². The monoisotopic (exact) mass is 465 g/mol. The van der Waals surface area contributed by atoms with Gasteiger partial charge in [-0.1, -0.05) is 22.8 Å². The molecular formula is C21H28ClN5O5. The zero-order chi connectivity index (χ0) is 23.1. The van der Waals surface area contributed by atoms with Crippen molar-refractivity contribution in [2.45, 2.75) is 51.4 Å². The van der Waals surface area contributed by atoms with Crippen LogP contribution in [0.4, 0.5) is 21.0 Å². The molecule has 1 aliphatic rings. The van der Waals surface area contributed by atoms with Gasteiger partial charge in [-0.2, -0.15) is 0 Å². The number of hydrogen-bond acceptors (Lipinski definition) is 6. The maximum absolute atomic E-state index is 12.3. The predicted molar refractivity (Wildman–Crippen MR) is 120 cm³/mol. The van der Waals surface area contributed by atoms with Crippen LogP contribution in [0.3, 0.4) is 0 Å². The zero-order valence-corrected chi connectivity index (χ0v) is 18.7. The SMILES string of the molecule is Cc1noc(C)c1NC(=O)NCC[C@H]1CC[C@@H](NC(=O)Nc2cccc(Cl)c2)[C@H](CO)O1. The third kappa shape index (κ3) is 6.59. The van der Waals surface area contributed by atoms with Crippen molar-refractivity contribution in [2.24, 2.45) is 0 Å². The number of aliphatic hydroxyl groups is 1. The van der Waals surface area contributed by atoms with E-state index in [1.165, 1.54) is 0 Å². The highest BCUT2D eigenvalue weighted by molar-refractivity contribution is 6.30. The average molecular weight is 466 g/mol. The van der Waals surface area contributed by atoms with Crippen LogP contribution in [0.2, 0.25) is 5.02 Å². The zero-order valence-electron chi connectivity index (χ0n) is 18.0. The molecule has 0 aliphatic carbocycles. The van der Waals surface area contributed by atoms with Crippen LogP contribution in [0.5, 0.6) is 0 Å². The number of urea groups is 2. The molecule has 11 heteroatoms. The van der Waals surface area contributed by atoms with E-state index in [1.54, 1.807) is 38.1 Å². The van der Waals surface area contributed by atoms with E-state index in [2.05, 4.69) is 26.4 Å². The van der Waals surface area contributed by atoms with Crippen LogP contribution >= 0.6 is 11.6 Å². The minimum atomic E-state index is -0.532. The van der Waals surface area contributed by atoms with Gasteiger partial charge >= 0.3 is 12.1 Å². The highest BCUT2D eigenvalue weighted by Gasteiger charge is 2.31. The highest BCUT2D eigenvalue weighted by Crippen LogP contribution is 2.22. The Kier molecular flexibility index (Phi) is 8.32. The molecule has 4 amide bonds. The van der Waals surface area contributed by atoms with Crippen molar-refractivity contribution in [1.29, 1.82) is 0 Å². The Morgan fingerprint density at radius 3 is 2.72 bits per heavy atom. The molecule has 2 heterocycles. The van der Waals surface area contributed by atoms with Gasteiger partial charge in [-0.15, -0.1) is 0 Å². The van der Waals surface area contributed by atoms with Crippen LogP contribution < -0.4 is 21.3 Å². The average Bonchev–Trinajstić information content (AvgIpc) is 3.06. The Hall–Kier alpha value is -2.82. The standard InChI is InChI=1S/C21H28ClN5O5/c1-12-19(13(2)32-27-12)26-20(29)23-9-8-16-6-7-17(18(11-28)31-16)25-21(30)24-15-5-3-4-14(22)10-15/h3-5,10,16-18,28H,6-9,11H2,1-2H3,(H2,23,26,29)(H2,24,25,30)/t16-,17-,18+/m1/s1. The van der Waals surface area contributed by atoms with Crippen LogP contribution in [-0.4, -0.2) is 53.7 Å². The van der Waals surface area contributed by atoms with E-state index < -0.39 is 12.1 Å². The lowest BCUT2D eigenvalue weighted by atomic mass is 9.97. The van der Waals surface area contributed by atoms with Crippen molar-refractivity contribution in [2.75, 3.05) is 23.8 Å². The summed E-state index contributed by atoms with van der Waals surface area (Å²) in [6.45, 7) is 3.64. The number of aliphatic hydroxyl groups excluding tert-OH is 1. The van der Waals surface area contributed by atoms with Crippen molar-refractivity contribution >= 4 is 35.0 Å². The molecule has 0 unspecified atom stereocenters. The summed E-state index contributed by atoms with van der Waals surface area (Å²) in [5.74, 6) is 0.539. The van der Waals surface area contributed by atoms with Gasteiger partial charge in [0.15, 0.2) is 5.76 Å². The van der Waals surface area contributed by atoms with Gasteiger partial charge in [0.1, 0.15) is 17.5 Å². The number of ether oxygens (including phenoxy) is 1. The number of carbonyl (C=O) groups excluding carboxylic acids is 2. The van der Waals surface area contributed by atoms with Crippen molar-refractivity contribution in [3.05, 3.63) is 40.7 Å². The molecule has 3 rings (SSSR count). The first-order valence-electron chi connectivity index (χ1n) is 10.4. The lowest BCUT2D eigenvalue weighted by molar-refractivity contribution is -0.0885. The second kappa shape index (κ2) is 11.2. The van der Waals surface area contributed by atoms with Gasteiger partial charge in [-0.3, -0.25) is 0 Å². The lowest BCUT2D eigenvalue weighted by Gasteiger charge is -2.36. The summed E-state index contributed by atoms with van der Waals surface area (Å²) in [4.78, 5) is 24.4. The maximum atomic E-state index is 12.3. The first-order valence-corrected chi connectivity index (χ1v) is 10.8. The Labute approximate surface area is 191 Å². The van der Waals surface area contributed by atoms with E-state index in [0.29, 0.717) is 53.7 Å². The van der Waals surface area contributed by atoms with E-state index in [0.717, 1.165) is 0 Å². The molecule has 1 fully saturated rings. The molecule has 1 aromatic carbocycles. The second-order valence-corrected chi connectivity index (χ2v) is 8.08. The first kappa shape index (κ1) is 23.8. The minimum Gasteiger partial charge on any atom is -0.394 e. The smallest absolute Gasteiger partial charge is 0.319 e. The van der Waals surface area contributed by atoms with E-state index in [4.69, 9.17) is 20.9 Å². The third-order valence-electron chi connectivity index (χ3n) is 5.22. The molecule has 2 aromatic rings. The molecule has 0 saturated carbocycles. The predicted octanol–water partition coefficient (Wildman–Crippen LogP) is 3.19. The third-order valence-corrected chi connectivity index (χ3v) is 5.45. The summed E-state index contributed by atoms with van der Waals surface area (Å²) in [5.41, 5.74) is 1.74. The van der Waals surface area contributed by atoms with Crippen LogP contribution in [0, 0.1) is 13.8 Å². The molecule has 0 radical (unpaired) electrons. The van der Waals surface area contributed by atoms with Gasteiger partial charge in [-0.05, 0) is 51.3 Å². The molecule has 3 atom stereocenters. The maximum Gasteiger partial charge on any atom is 0.319 e. The van der Waals surface area contributed by atoms with E-state index in [1.807, 2.05) is 0 Å². The van der Waals surface area contributed by atoms with Gasteiger partial charge in [0.25, 0.3) is 0 Å². The molecule has 174 valence electrons. The van der Waals surface area contributed by atoms with Gasteiger partial charge in [0, 0.05) is 17.3 Å². The molecule has 1 aromatic heterocycles. The number of aromatic nitrogens is 1. The summed E-state index contributed by atoms with van der Waals surface area (Å²) >= 11 is 5.93. The summed E-state index contributed by atoms with van der Waals surface area (Å²) in [6, 6.07) is 5.76. The molecule has 32 heavy (non-hydrogen) atoms. The number of aryl methyl sites for hydroxylation is 2. The Balaban J connectivity index is 1.41. The number of rotatable bonds is 7. The summed E-state index contributed by atoms with van der Waals surface area (Å²) < 4.78 is 11.0. The van der Waals surface area contributed by atoms with Crippen molar-refractivity contribution in [3.63, 3.8) is 0 Å². The first-order chi connectivity index (χ1) is 15.4.